The first kappa shape index (κ1) is 12.6. The predicted octanol–water partition coefficient (Wildman–Crippen LogP) is 2.13. The van der Waals surface area contributed by atoms with Crippen molar-refractivity contribution in [1.82, 2.24) is 14.8 Å². The zero-order valence-corrected chi connectivity index (χ0v) is 11.2. The van der Waals surface area contributed by atoms with Crippen molar-refractivity contribution in [3.05, 3.63) is 39.8 Å². The molecule has 0 aliphatic carbocycles. The third kappa shape index (κ3) is 2.09. The van der Waals surface area contributed by atoms with Gasteiger partial charge in [0.2, 0.25) is 0 Å². The Morgan fingerprint density at radius 3 is 2.56 bits per heavy atom. The van der Waals surface area contributed by atoms with Gasteiger partial charge in [0.15, 0.2) is 5.82 Å². The van der Waals surface area contributed by atoms with Crippen LogP contribution in [0.15, 0.2) is 12.3 Å². The molecular formula is C12H14ClN5. The van der Waals surface area contributed by atoms with Crippen molar-refractivity contribution in [2.75, 3.05) is 0 Å². The fraction of sp³-hybridized carbons (Fsp3) is 0.250. The van der Waals surface area contributed by atoms with Crippen molar-refractivity contribution < 1.29 is 0 Å². The van der Waals surface area contributed by atoms with Gasteiger partial charge >= 0.3 is 0 Å². The smallest absolute Gasteiger partial charge is 0.164 e. The summed E-state index contributed by atoms with van der Waals surface area (Å²) in [5.41, 5.74) is 8.66. The molecule has 0 saturated heterocycles. The molecule has 0 aromatic carbocycles. The van der Waals surface area contributed by atoms with Gasteiger partial charge in [-0.15, -0.1) is 0 Å². The lowest BCUT2D eigenvalue weighted by Gasteiger charge is -2.11. The molecule has 0 unspecified atom stereocenters. The number of pyridine rings is 1. The number of aryl methyl sites for hydroxylation is 3. The number of rotatable bonds is 2. The number of hydrogen-bond donors (Lipinski definition) is 2. The van der Waals surface area contributed by atoms with Crippen LogP contribution >= 0.6 is 11.6 Å². The molecule has 0 amide bonds. The Balaban J connectivity index is 2.73. The summed E-state index contributed by atoms with van der Waals surface area (Å²) in [5, 5.41) is 12.5. The van der Waals surface area contributed by atoms with Crippen molar-refractivity contribution in [3.8, 4) is 5.82 Å². The average molecular weight is 264 g/mol. The summed E-state index contributed by atoms with van der Waals surface area (Å²) in [4.78, 5) is 4.40. The molecule has 0 fully saturated rings. The van der Waals surface area contributed by atoms with E-state index in [0.717, 1.165) is 11.3 Å². The fourth-order valence-electron chi connectivity index (χ4n) is 1.86. The second-order valence-corrected chi connectivity index (χ2v) is 4.61. The van der Waals surface area contributed by atoms with Crippen molar-refractivity contribution in [2.45, 2.75) is 20.8 Å². The molecule has 0 saturated carbocycles. The number of aromatic nitrogens is 3. The average Bonchev–Trinajstić information content (AvgIpc) is 2.57. The third-order valence-corrected chi connectivity index (χ3v) is 3.02. The summed E-state index contributed by atoms with van der Waals surface area (Å²) in [6.45, 7) is 5.60. The summed E-state index contributed by atoms with van der Waals surface area (Å²) in [7, 11) is 0. The lowest BCUT2D eigenvalue weighted by atomic mass is 10.1. The molecule has 0 radical (unpaired) electrons. The lowest BCUT2D eigenvalue weighted by Crippen LogP contribution is -2.18. The highest BCUT2D eigenvalue weighted by Crippen LogP contribution is 2.20. The Labute approximate surface area is 110 Å². The molecule has 2 heterocycles. The van der Waals surface area contributed by atoms with Gasteiger partial charge in [-0.3, -0.25) is 5.41 Å². The third-order valence-electron chi connectivity index (χ3n) is 2.65. The van der Waals surface area contributed by atoms with E-state index in [0.29, 0.717) is 22.1 Å². The van der Waals surface area contributed by atoms with Crippen LogP contribution in [-0.2, 0) is 0 Å². The zero-order valence-electron chi connectivity index (χ0n) is 10.5. The van der Waals surface area contributed by atoms with Crippen LogP contribution in [0.25, 0.3) is 5.82 Å². The summed E-state index contributed by atoms with van der Waals surface area (Å²) in [6.07, 6.45) is 1.67. The molecular weight excluding hydrogens is 250 g/mol. The first-order valence-electron chi connectivity index (χ1n) is 5.45. The second-order valence-electron chi connectivity index (χ2n) is 4.20. The van der Waals surface area contributed by atoms with Gasteiger partial charge in [0.05, 0.1) is 22.5 Å². The maximum Gasteiger partial charge on any atom is 0.164 e. The quantitative estimate of drug-likeness (QED) is 0.643. The van der Waals surface area contributed by atoms with Gasteiger partial charge in [0, 0.05) is 5.69 Å². The lowest BCUT2D eigenvalue weighted by molar-refractivity contribution is 0.822. The molecule has 2 rings (SSSR count). The minimum Gasteiger partial charge on any atom is -0.384 e. The van der Waals surface area contributed by atoms with E-state index in [1.54, 1.807) is 10.9 Å². The number of hydrogen-bond acceptors (Lipinski definition) is 3. The van der Waals surface area contributed by atoms with E-state index >= 15 is 0 Å². The molecule has 3 N–H and O–H groups in total. The highest BCUT2D eigenvalue weighted by molar-refractivity contribution is 6.31. The van der Waals surface area contributed by atoms with Crippen LogP contribution in [0, 0.1) is 26.2 Å². The molecule has 5 nitrogen and oxygen atoms in total. The van der Waals surface area contributed by atoms with Crippen LogP contribution in [0.5, 0.6) is 0 Å². The number of halogens is 1. The number of nitrogen functional groups attached to an aromatic ring is 1. The van der Waals surface area contributed by atoms with Gasteiger partial charge in [0.25, 0.3) is 0 Å². The normalized spacial score (nSPS) is 10.7. The van der Waals surface area contributed by atoms with Crippen molar-refractivity contribution in [2.24, 2.45) is 5.73 Å². The van der Waals surface area contributed by atoms with Crippen LogP contribution in [-0.4, -0.2) is 20.6 Å². The number of nitrogens with two attached hydrogens (primary N) is 1. The number of amidine groups is 1. The highest BCUT2D eigenvalue weighted by atomic mass is 35.5. The van der Waals surface area contributed by atoms with Crippen LogP contribution in [0.4, 0.5) is 0 Å². The van der Waals surface area contributed by atoms with Gasteiger partial charge in [-0.05, 0) is 32.4 Å². The predicted molar refractivity (Wildman–Crippen MR) is 71.6 cm³/mol. The van der Waals surface area contributed by atoms with E-state index in [1.807, 2.05) is 26.8 Å². The van der Waals surface area contributed by atoms with Crippen LogP contribution < -0.4 is 5.73 Å². The topological polar surface area (TPSA) is 80.6 Å². The van der Waals surface area contributed by atoms with Gasteiger partial charge in [-0.2, -0.15) is 5.10 Å². The molecule has 94 valence electrons. The van der Waals surface area contributed by atoms with Crippen molar-refractivity contribution in [3.63, 3.8) is 0 Å². The minimum atomic E-state index is -0.0284. The first-order valence-corrected chi connectivity index (χ1v) is 5.82. The van der Waals surface area contributed by atoms with Gasteiger partial charge < -0.3 is 5.73 Å². The van der Waals surface area contributed by atoms with Crippen molar-refractivity contribution >= 4 is 17.4 Å². The summed E-state index contributed by atoms with van der Waals surface area (Å²) >= 11 is 5.99. The highest BCUT2D eigenvalue weighted by Gasteiger charge is 2.15. The van der Waals surface area contributed by atoms with Crippen LogP contribution in [0.2, 0.25) is 5.02 Å². The SMILES string of the molecule is Cc1cc(C)c(C(=N)N)c(-n2cc(Cl)c(C)n2)n1. The Bertz CT molecular complexity index is 610. The monoisotopic (exact) mass is 263 g/mol. The van der Waals surface area contributed by atoms with E-state index < -0.39 is 0 Å². The number of nitrogens with one attached hydrogen (secondary N) is 1. The van der Waals surface area contributed by atoms with Gasteiger partial charge in [0.1, 0.15) is 5.84 Å². The molecule has 2 aromatic heterocycles. The van der Waals surface area contributed by atoms with E-state index in [4.69, 9.17) is 22.7 Å². The van der Waals surface area contributed by atoms with E-state index in [9.17, 15) is 0 Å². The van der Waals surface area contributed by atoms with E-state index in [-0.39, 0.29) is 5.84 Å². The van der Waals surface area contributed by atoms with Crippen LogP contribution in [0.3, 0.4) is 0 Å². The Morgan fingerprint density at radius 1 is 1.39 bits per heavy atom. The Morgan fingerprint density at radius 2 is 2.06 bits per heavy atom. The summed E-state index contributed by atoms with van der Waals surface area (Å²) in [6, 6.07) is 1.89. The summed E-state index contributed by atoms with van der Waals surface area (Å²) in [5.74, 6) is 0.509. The van der Waals surface area contributed by atoms with Crippen molar-refractivity contribution in [1.29, 1.82) is 5.41 Å². The van der Waals surface area contributed by atoms with E-state index in [2.05, 4.69) is 10.1 Å². The first-order chi connectivity index (χ1) is 8.40. The summed E-state index contributed by atoms with van der Waals surface area (Å²) < 4.78 is 1.56. The molecule has 0 bridgehead atoms. The molecule has 0 spiro atoms. The second kappa shape index (κ2) is 4.42. The van der Waals surface area contributed by atoms with E-state index in [1.165, 1.54) is 0 Å². The molecule has 0 aliphatic heterocycles. The number of nitrogens with zero attached hydrogens (tertiary/aromatic N) is 3. The molecule has 18 heavy (non-hydrogen) atoms. The standard InChI is InChI=1S/C12H14ClN5/c1-6-4-7(2)16-12(10(6)11(14)15)18-5-9(13)8(3)17-18/h4-5H,1-3H3,(H3,14,15). The van der Waals surface area contributed by atoms with Gasteiger partial charge in [-0.25, -0.2) is 9.67 Å². The maximum atomic E-state index is 7.66. The van der Waals surface area contributed by atoms with Crippen LogP contribution in [0.1, 0.15) is 22.5 Å². The molecule has 2 aromatic rings. The zero-order chi connectivity index (χ0) is 13.4. The molecule has 0 aliphatic rings. The Kier molecular flexibility index (Phi) is 3.09. The van der Waals surface area contributed by atoms with Gasteiger partial charge in [-0.1, -0.05) is 11.6 Å². The molecule has 0 atom stereocenters. The Hall–Kier alpha value is -1.88. The molecule has 6 heteroatoms. The fourth-order valence-corrected chi connectivity index (χ4v) is 1.99. The minimum absolute atomic E-state index is 0.0284. The largest absolute Gasteiger partial charge is 0.384 e. The maximum absolute atomic E-state index is 7.66.